The Bertz CT molecular complexity index is 1720. The van der Waals surface area contributed by atoms with Gasteiger partial charge >= 0.3 is 5.97 Å². The summed E-state index contributed by atoms with van der Waals surface area (Å²) in [6, 6.07) is 37.4. The van der Waals surface area contributed by atoms with E-state index in [1.165, 1.54) is 14.2 Å². The van der Waals surface area contributed by atoms with Gasteiger partial charge in [-0.3, -0.25) is 4.79 Å². The van der Waals surface area contributed by atoms with Crippen molar-refractivity contribution in [3.05, 3.63) is 144 Å². The van der Waals surface area contributed by atoms with E-state index in [9.17, 15) is 9.90 Å². The van der Waals surface area contributed by atoms with Gasteiger partial charge in [0, 0.05) is 7.11 Å². The Morgan fingerprint density at radius 1 is 0.643 bits per heavy atom. The highest BCUT2D eigenvalue weighted by molar-refractivity contribution is 5.76. The maximum atomic E-state index is 13.3. The molecule has 6 rings (SSSR count). The fourth-order valence-electron chi connectivity index (χ4n) is 7.12. The number of esters is 1. The zero-order chi connectivity index (χ0) is 39.3. The largest absolute Gasteiger partial charge is 0.468 e. The summed E-state index contributed by atoms with van der Waals surface area (Å²) in [4.78, 5) is 13.3. The highest BCUT2D eigenvalue weighted by atomic mass is 16.7. The highest BCUT2D eigenvalue weighted by Crippen LogP contribution is 2.38. The molecule has 0 spiro atoms. The Hall–Kier alpha value is -4.05. The molecule has 0 bridgehead atoms. The maximum Gasteiger partial charge on any atom is 0.323 e. The van der Waals surface area contributed by atoms with Crippen molar-refractivity contribution in [2.75, 3.05) is 20.8 Å². The predicted molar refractivity (Wildman–Crippen MR) is 206 cm³/mol. The molecule has 12 nitrogen and oxygen atoms in total. The van der Waals surface area contributed by atoms with Gasteiger partial charge in [0.25, 0.3) is 0 Å². The van der Waals surface area contributed by atoms with Gasteiger partial charge in [0.05, 0.1) is 58.3 Å². The zero-order valence-electron chi connectivity index (χ0n) is 32.0. The van der Waals surface area contributed by atoms with Crippen molar-refractivity contribution in [2.45, 2.75) is 94.7 Å². The minimum Gasteiger partial charge on any atom is -0.468 e. The number of ether oxygens (including phenoxy) is 9. The lowest BCUT2D eigenvalue weighted by Gasteiger charge is -2.50. The maximum absolute atomic E-state index is 13.3. The third-order valence-electron chi connectivity index (χ3n) is 10.1. The molecule has 2 aliphatic rings. The second-order valence-electron chi connectivity index (χ2n) is 14.0. The number of aliphatic hydroxyl groups is 1. The molecule has 11 atom stereocenters. The first-order valence-electron chi connectivity index (χ1n) is 18.9. The first-order chi connectivity index (χ1) is 27.4. The minimum absolute atomic E-state index is 0.0203. The van der Waals surface area contributed by atoms with Crippen LogP contribution in [0.1, 0.15) is 29.2 Å². The van der Waals surface area contributed by atoms with Gasteiger partial charge in [0.15, 0.2) is 12.6 Å². The van der Waals surface area contributed by atoms with Crippen LogP contribution in [0.2, 0.25) is 0 Å². The van der Waals surface area contributed by atoms with Crippen molar-refractivity contribution in [2.24, 2.45) is 11.7 Å². The van der Waals surface area contributed by atoms with Crippen LogP contribution in [0.4, 0.5) is 0 Å². The van der Waals surface area contributed by atoms with E-state index in [-0.39, 0.29) is 26.4 Å². The summed E-state index contributed by atoms with van der Waals surface area (Å²) in [6.45, 7) is 2.79. The molecule has 0 aliphatic carbocycles. The van der Waals surface area contributed by atoms with Crippen molar-refractivity contribution in [1.29, 1.82) is 0 Å². The van der Waals surface area contributed by atoms with Crippen LogP contribution in [0.25, 0.3) is 0 Å². The van der Waals surface area contributed by atoms with Gasteiger partial charge in [0.2, 0.25) is 0 Å². The van der Waals surface area contributed by atoms with Crippen molar-refractivity contribution in [3.63, 3.8) is 0 Å². The number of methoxy groups -OCH3 is 2. The van der Waals surface area contributed by atoms with Gasteiger partial charge in [-0.1, -0.05) is 121 Å². The van der Waals surface area contributed by atoms with Crippen molar-refractivity contribution in [3.8, 4) is 0 Å². The SMILES string of the molecule is COC(=O)[C@@H](N)[C@@H]1[C@@H](O[C@H]2[C@@H](O)[C@@H](COCc3ccccc3)O[C@@H](OC)[C@@H]2OCc2ccccc2)O[C@@H](C)[C@H](OCc2ccccc2)[C@H]1OCc1ccccc1. The molecule has 4 aromatic rings. The van der Waals surface area contributed by atoms with Crippen LogP contribution in [0.5, 0.6) is 0 Å². The Morgan fingerprint density at radius 3 is 1.59 bits per heavy atom. The van der Waals surface area contributed by atoms with E-state index >= 15 is 0 Å². The number of carbonyl (C=O) groups excluding carboxylic acids is 1. The number of hydrogen-bond donors (Lipinski definition) is 2. The Labute approximate surface area is 328 Å². The van der Waals surface area contributed by atoms with Crippen LogP contribution < -0.4 is 5.73 Å². The molecule has 12 heteroatoms. The van der Waals surface area contributed by atoms with E-state index in [1.54, 1.807) is 0 Å². The van der Waals surface area contributed by atoms with Crippen LogP contribution in [0.15, 0.2) is 121 Å². The number of benzene rings is 4. The van der Waals surface area contributed by atoms with Gasteiger partial charge in [-0.05, 0) is 29.2 Å². The van der Waals surface area contributed by atoms with Crippen LogP contribution in [-0.2, 0) is 73.9 Å². The fourth-order valence-corrected chi connectivity index (χ4v) is 7.12. The van der Waals surface area contributed by atoms with Gasteiger partial charge in [-0.25, -0.2) is 0 Å². The second kappa shape index (κ2) is 20.9. The predicted octanol–water partition coefficient (Wildman–Crippen LogP) is 4.94. The van der Waals surface area contributed by atoms with Crippen molar-refractivity contribution in [1.82, 2.24) is 0 Å². The quantitative estimate of drug-likeness (QED) is 0.132. The average Bonchev–Trinajstić information content (AvgIpc) is 3.24. The molecule has 0 unspecified atom stereocenters. The van der Waals surface area contributed by atoms with E-state index in [2.05, 4.69) is 0 Å². The molecule has 0 aromatic heterocycles. The first kappa shape index (κ1) is 41.6. The van der Waals surface area contributed by atoms with Gasteiger partial charge < -0.3 is 53.5 Å². The molecular formula is C44H53NO11. The lowest BCUT2D eigenvalue weighted by atomic mass is 9.85. The average molecular weight is 772 g/mol. The number of carbonyl (C=O) groups is 1. The molecule has 2 fully saturated rings. The third kappa shape index (κ3) is 10.9. The molecule has 0 radical (unpaired) electrons. The zero-order valence-corrected chi connectivity index (χ0v) is 32.0. The van der Waals surface area contributed by atoms with Gasteiger partial charge in [-0.2, -0.15) is 0 Å². The second-order valence-corrected chi connectivity index (χ2v) is 14.0. The number of aliphatic hydroxyl groups excluding tert-OH is 1. The third-order valence-corrected chi connectivity index (χ3v) is 10.1. The summed E-state index contributed by atoms with van der Waals surface area (Å²) in [5, 5.41) is 12.1. The van der Waals surface area contributed by atoms with Crippen LogP contribution >= 0.6 is 0 Å². The lowest BCUT2D eigenvalue weighted by molar-refractivity contribution is -0.361. The molecule has 0 amide bonds. The molecule has 0 saturated carbocycles. The molecule has 4 aromatic carbocycles. The highest BCUT2D eigenvalue weighted by Gasteiger charge is 2.55. The minimum atomic E-state index is -1.29. The Kier molecular flexibility index (Phi) is 15.5. The van der Waals surface area contributed by atoms with E-state index in [0.717, 1.165) is 22.3 Å². The molecule has 3 N–H and O–H groups in total. The van der Waals surface area contributed by atoms with Crippen molar-refractivity contribution >= 4 is 5.97 Å². The summed E-state index contributed by atoms with van der Waals surface area (Å²) >= 11 is 0. The first-order valence-corrected chi connectivity index (χ1v) is 18.9. The van der Waals surface area contributed by atoms with Gasteiger partial charge in [0.1, 0.15) is 36.6 Å². The van der Waals surface area contributed by atoms with Crippen LogP contribution in [-0.4, -0.2) is 93.3 Å². The molecule has 2 aliphatic heterocycles. The van der Waals surface area contributed by atoms with Crippen molar-refractivity contribution < 1.29 is 52.5 Å². The fraction of sp³-hybridized carbons (Fsp3) is 0.432. The molecule has 2 saturated heterocycles. The summed E-state index contributed by atoms with van der Waals surface area (Å²) in [6.07, 6.45) is -8.54. The summed E-state index contributed by atoms with van der Waals surface area (Å²) < 4.78 is 56.4. The molecule has 300 valence electrons. The number of nitrogens with two attached hydrogens (primary N) is 1. The Balaban J connectivity index is 1.31. The standard InChI is InChI=1S/C44H53NO11/c1-29-38(51-25-31-18-10-5-11-19-31)39(52-26-32-20-12-6-13-21-32)35(36(45)42(47)48-2)43(54-29)56-40-37(46)34(28-50-24-30-16-8-4-9-17-30)55-44(49-3)41(40)53-27-33-22-14-7-15-23-33/h4-23,29,34-41,43-44,46H,24-28,45H2,1-3H3/t29-,34+,35-,36-,37-,38-,39-,40-,41+,43+,44+/m0/s1. The summed E-state index contributed by atoms with van der Waals surface area (Å²) in [5.74, 6) is -1.66. The van der Waals surface area contributed by atoms with E-state index < -0.39 is 73.2 Å². The summed E-state index contributed by atoms with van der Waals surface area (Å²) in [7, 11) is 2.77. The normalized spacial score (nSPS) is 28.4. The smallest absolute Gasteiger partial charge is 0.323 e. The number of rotatable bonds is 18. The topological polar surface area (TPSA) is 146 Å². The van der Waals surface area contributed by atoms with E-state index in [1.807, 2.05) is 128 Å². The number of hydrogen-bond acceptors (Lipinski definition) is 12. The Morgan fingerprint density at radius 2 is 1.11 bits per heavy atom. The lowest BCUT2D eigenvalue weighted by Crippen LogP contribution is -2.66. The molecule has 2 heterocycles. The van der Waals surface area contributed by atoms with E-state index in [0.29, 0.717) is 6.61 Å². The van der Waals surface area contributed by atoms with Crippen LogP contribution in [0.3, 0.4) is 0 Å². The van der Waals surface area contributed by atoms with Crippen LogP contribution in [0, 0.1) is 5.92 Å². The van der Waals surface area contributed by atoms with Gasteiger partial charge in [-0.15, -0.1) is 0 Å². The monoisotopic (exact) mass is 771 g/mol. The molecular weight excluding hydrogens is 718 g/mol. The summed E-state index contributed by atoms with van der Waals surface area (Å²) in [5.41, 5.74) is 10.5. The molecule has 56 heavy (non-hydrogen) atoms. The van der Waals surface area contributed by atoms with E-state index in [4.69, 9.17) is 48.4 Å².